The Bertz CT molecular complexity index is 1140. The van der Waals surface area contributed by atoms with Gasteiger partial charge in [-0.3, -0.25) is 4.79 Å². The Morgan fingerprint density at radius 2 is 1.96 bits per heavy atom. The first kappa shape index (κ1) is 15.5. The van der Waals surface area contributed by atoms with Crippen LogP contribution in [0.15, 0.2) is 54.4 Å². The maximum Gasteiger partial charge on any atom is 0.306 e. The van der Waals surface area contributed by atoms with Crippen LogP contribution in [0.3, 0.4) is 0 Å². The maximum atomic E-state index is 12.5. The van der Waals surface area contributed by atoms with E-state index in [9.17, 15) is 13.2 Å². The molecule has 0 saturated carbocycles. The molecule has 0 radical (unpaired) electrons. The van der Waals surface area contributed by atoms with E-state index in [1.807, 2.05) is 24.3 Å². The van der Waals surface area contributed by atoms with Crippen molar-refractivity contribution >= 4 is 32.9 Å². The van der Waals surface area contributed by atoms with Gasteiger partial charge in [0.25, 0.3) is 0 Å². The molecule has 0 spiro atoms. The Balaban J connectivity index is 1.70. The van der Waals surface area contributed by atoms with Crippen molar-refractivity contribution in [3.63, 3.8) is 0 Å². The molecule has 1 N–H and O–H groups in total. The van der Waals surface area contributed by atoms with Crippen molar-refractivity contribution < 1.29 is 22.1 Å². The lowest BCUT2D eigenvalue weighted by Crippen LogP contribution is -2.05. The average Bonchev–Trinajstić information content (AvgIpc) is 3.08. The predicted octanol–water partition coefficient (Wildman–Crippen LogP) is 3.12. The largest absolute Gasteiger partial charge is 0.452 e. The second-order valence-electron chi connectivity index (χ2n) is 5.67. The summed E-state index contributed by atoms with van der Waals surface area (Å²) < 4.78 is 32.9. The number of hydrogen-bond donors (Lipinski definition) is 1. The molecule has 0 saturated heterocycles. The van der Waals surface area contributed by atoms with Gasteiger partial charge in [0.05, 0.1) is 11.8 Å². The Kier molecular flexibility index (Phi) is 3.40. The number of ether oxygens (including phenoxy) is 1. The molecule has 1 aromatic heterocycles. The summed E-state index contributed by atoms with van der Waals surface area (Å²) >= 11 is 0. The van der Waals surface area contributed by atoms with E-state index in [2.05, 4.69) is 4.98 Å². The Labute approximate surface area is 143 Å². The van der Waals surface area contributed by atoms with Crippen LogP contribution in [-0.2, 0) is 10.1 Å². The van der Waals surface area contributed by atoms with Crippen LogP contribution in [0.5, 0.6) is 11.5 Å². The quantitative estimate of drug-likeness (QED) is 0.576. The molecule has 7 heteroatoms. The fourth-order valence-corrected chi connectivity index (χ4v) is 3.20. The number of nitrogens with one attached hydrogen (secondary N) is 1. The normalized spacial score (nSPS) is 15.4. The molecule has 0 aliphatic carbocycles. The minimum Gasteiger partial charge on any atom is -0.452 e. The van der Waals surface area contributed by atoms with Crippen LogP contribution < -0.4 is 8.92 Å². The van der Waals surface area contributed by atoms with Crippen LogP contribution in [0.4, 0.5) is 0 Å². The Hall–Kier alpha value is -3.06. The van der Waals surface area contributed by atoms with E-state index in [1.54, 1.807) is 12.3 Å². The van der Waals surface area contributed by atoms with Crippen LogP contribution in [0.2, 0.25) is 0 Å². The molecule has 1 aliphatic rings. The summed E-state index contributed by atoms with van der Waals surface area (Å²) in [7, 11) is -3.65. The topological polar surface area (TPSA) is 85.5 Å². The third-order valence-electron chi connectivity index (χ3n) is 3.80. The van der Waals surface area contributed by atoms with E-state index in [0.29, 0.717) is 5.56 Å². The van der Waals surface area contributed by atoms with Crippen LogP contribution >= 0.6 is 0 Å². The number of H-pyrrole nitrogens is 1. The number of ketones is 1. The maximum absolute atomic E-state index is 12.5. The highest BCUT2D eigenvalue weighted by Gasteiger charge is 2.28. The summed E-state index contributed by atoms with van der Waals surface area (Å²) in [6.07, 6.45) is 4.42. The Morgan fingerprint density at radius 3 is 2.76 bits per heavy atom. The zero-order chi connectivity index (χ0) is 17.6. The smallest absolute Gasteiger partial charge is 0.306 e. The number of benzene rings is 2. The van der Waals surface area contributed by atoms with Crippen LogP contribution in [-0.4, -0.2) is 25.4 Å². The fraction of sp³-hybridized carbons (Fsp3) is 0.0556. The molecule has 0 fully saturated rings. The number of aromatic nitrogens is 1. The van der Waals surface area contributed by atoms with E-state index in [4.69, 9.17) is 8.92 Å². The van der Waals surface area contributed by atoms with Gasteiger partial charge in [-0.15, -0.1) is 0 Å². The van der Waals surface area contributed by atoms with Gasteiger partial charge in [0.15, 0.2) is 5.76 Å². The number of carbonyl (C=O) groups is 1. The second-order valence-corrected chi connectivity index (χ2v) is 7.25. The summed E-state index contributed by atoms with van der Waals surface area (Å²) in [6.45, 7) is 0. The van der Waals surface area contributed by atoms with Gasteiger partial charge in [-0.05, 0) is 24.3 Å². The third-order valence-corrected chi connectivity index (χ3v) is 4.29. The lowest BCUT2D eigenvalue weighted by atomic mass is 10.1. The summed E-state index contributed by atoms with van der Waals surface area (Å²) in [4.78, 5) is 15.6. The van der Waals surface area contributed by atoms with E-state index in [-0.39, 0.29) is 23.0 Å². The molecule has 2 heterocycles. The summed E-state index contributed by atoms with van der Waals surface area (Å²) in [5.74, 6) is 0.294. The highest BCUT2D eigenvalue weighted by atomic mass is 32.2. The standard InChI is InChI=1S/C18H13NO5S/c1-25(21,22)24-12-6-7-14-16(9-12)23-17(18(14)20)8-11-10-19-15-5-3-2-4-13(11)15/h2-10,19H,1H3/b17-8+. The van der Waals surface area contributed by atoms with Crippen LogP contribution in [0, 0.1) is 0 Å². The van der Waals surface area contributed by atoms with Crippen molar-refractivity contribution in [3.8, 4) is 11.5 Å². The van der Waals surface area contributed by atoms with Crippen LogP contribution in [0.25, 0.3) is 17.0 Å². The number of fused-ring (bicyclic) bond motifs is 2. The fourth-order valence-electron chi connectivity index (χ4n) is 2.75. The first-order valence-corrected chi connectivity index (χ1v) is 9.26. The molecule has 0 unspecified atom stereocenters. The first-order chi connectivity index (χ1) is 11.9. The van der Waals surface area contributed by atoms with E-state index in [0.717, 1.165) is 22.7 Å². The average molecular weight is 355 g/mol. The number of rotatable bonds is 3. The molecule has 1 aliphatic heterocycles. The van der Waals surface area contributed by atoms with E-state index in [1.165, 1.54) is 18.2 Å². The van der Waals surface area contributed by atoms with Crippen LogP contribution in [0.1, 0.15) is 15.9 Å². The number of Topliss-reactive ketones (excluding diaryl/α,β-unsaturated/α-hetero) is 1. The van der Waals surface area contributed by atoms with Gasteiger partial charge in [-0.1, -0.05) is 18.2 Å². The van der Waals surface area contributed by atoms with Crippen molar-refractivity contribution in [2.75, 3.05) is 6.26 Å². The number of carbonyl (C=O) groups excluding carboxylic acids is 1. The zero-order valence-electron chi connectivity index (χ0n) is 13.1. The SMILES string of the molecule is CS(=O)(=O)Oc1ccc2c(c1)O/C(=C/c1c[nH]c3ccccc13)C2=O. The number of hydrogen-bond acceptors (Lipinski definition) is 5. The van der Waals surface area contributed by atoms with Gasteiger partial charge in [-0.25, -0.2) is 0 Å². The molecule has 0 bridgehead atoms. The van der Waals surface area contributed by atoms with E-state index >= 15 is 0 Å². The van der Waals surface area contributed by atoms with Crippen molar-refractivity contribution in [2.24, 2.45) is 0 Å². The van der Waals surface area contributed by atoms with Gasteiger partial charge in [0, 0.05) is 28.7 Å². The molecule has 6 nitrogen and oxygen atoms in total. The Morgan fingerprint density at radius 1 is 1.16 bits per heavy atom. The molecule has 2 aromatic carbocycles. The molecule has 3 aromatic rings. The molecule has 4 rings (SSSR count). The monoisotopic (exact) mass is 355 g/mol. The highest BCUT2D eigenvalue weighted by Crippen LogP contribution is 2.35. The minimum atomic E-state index is -3.65. The molecule has 25 heavy (non-hydrogen) atoms. The van der Waals surface area contributed by atoms with Crippen molar-refractivity contribution in [3.05, 3.63) is 65.5 Å². The van der Waals surface area contributed by atoms with Gasteiger partial charge < -0.3 is 13.9 Å². The van der Waals surface area contributed by atoms with Crippen molar-refractivity contribution in [1.29, 1.82) is 0 Å². The van der Waals surface area contributed by atoms with Crippen molar-refractivity contribution in [2.45, 2.75) is 0 Å². The lowest BCUT2D eigenvalue weighted by molar-refractivity contribution is 0.101. The number of allylic oxidation sites excluding steroid dienone is 1. The molecular weight excluding hydrogens is 342 g/mol. The predicted molar refractivity (Wildman–Crippen MR) is 93.1 cm³/mol. The van der Waals surface area contributed by atoms with Gasteiger partial charge in [0.2, 0.25) is 5.78 Å². The van der Waals surface area contributed by atoms with E-state index < -0.39 is 10.1 Å². The zero-order valence-corrected chi connectivity index (χ0v) is 14.0. The third kappa shape index (κ3) is 2.89. The minimum absolute atomic E-state index is 0.0994. The summed E-state index contributed by atoms with van der Waals surface area (Å²) in [6, 6.07) is 12.0. The highest BCUT2D eigenvalue weighted by molar-refractivity contribution is 7.86. The molecule has 0 amide bonds. The van der Waals surface area contributed by atoms with Crippen molar-refractivity contribution in [1.82, 2.24) is 4.98 Å². The molecule has 0 atom stereocenters. The van der Waals surface area contributed by atoms with Gasteiger partial charge in [-0.2, -0.15) is 8.42 Å². The summed E-state index contributed by atoms with van der Waals surface area (Å²) in [5, 5.41) is 0.975. The lowest BCUT2D eigenvalue weighted by Gasteiger charge is -2.03. The number of aromatic amines is 1. The molecular formula is C18H13NO5S. The first-order valence-electron chi connectivity index (χ1n) is 7.44. The molecule has 126 valence electrons. The van der Waals surface area contributed by atoms with Gasteiger partial charge >= 0.3 is 10.1 Å². The second kappa shape index (κ2) is 5.49. The summed E-state index contributed by atoms with van der Waals surface area (Å²) in [5.41, 5.74) is 2.16. The number of para-hydroxylation sites is 1. The van der Waals surface area contributed by atoms with Gasteiger partial charge in [0.1, 0.15) is 11.5 Å².